The number of rotatable bonds is 8. The Morgan fingerprint density at radius 3 is 2.38 bits per heavy atom. The molecule has 0 saturated carbocycles. The highest BCUT2D eigenvalue weighted by molar-refractivity contribution is 7.89. The highest BCUT2D eigenvalue weighted by Crippen LogP contribution is 2.13. The zero-order valence-corrected chi connectivity index (χ0v) is 15.8. The van der Waals surface area contributed by atoms with Crippen molar-refractivity contribution in [3.8, 4) is 0 Å². The van der Waals surface area contributed by atoms with E-state index >= 15 is 0 Å². The first kappa shape index (κ1) is 20.4. The molecule has 0 fully saturated rings. The molecule has 0 radical (unpaired) electrons. The molecule has 0 aliphatic carbocycles. The molecule has 0 aliphatic heterocycles. The van der Waals surface area contributed by atoms with Crippen LogP contribution in [0.2, 0.25) is 0 Å². The van der Waals surface area contributed by atoms with Crippen molar-refractivity contribution in [3.63, 3.8) is 0 Å². The number of hydrogen-bond acceptors (Lipinski definition) is 6. The summed E-state index contributed by atoms with van der Waals surface area (Å²) >= 11 is 0. The molecule has 0 saturated heterocycles. The minimum atomic E-state index is -3.80. The van der Waals surface area contributed by atoms with E-state index in [-0.39, 0.29) is 22.6 Å². The summed E-state index contributed by atoms with van der Waals surface area (Å²) in [4.78, 5) is 24.0. The maximum atomic E-state index is 13.6. The van der Waals surface area contributed by atoms with Gasteiger partial charge in [0.25, 0.3) is 0 Å². The Morgan fingerprint density at radius 1 is 1.00 bits per heavy atom. The molecule has 9 heteroatoms. The zero-order valence-electron chi connectivity index (χ0n) is 15.0. The number of hydrogen-bond donors (Lipinski definition) is 1. The normalized spacial score (nSPS) is 11.2. The second kappa shape index (κ2) is 8.80. The van der Waals surface area contributed by atoms with E-state index in [2.05, 4.69) is 4.72 Å². The second-order valence-electron chi connectivity index (χ2n) is 5.91. The van der Waals surface area contributed by atoms with Gasteiger partial charge in [-0.2, -0.15) is 0 Å². The van der Waals surface area contributed by atoms with Crippen LogP contribution in [0, 0.1) is 5.82 Å². The molecule has 1 aromatic heterocycles. The molecule has 7 nitrogen and oxygen atoms in total. The molecule has 0 bridgehead atoms. The van der Waals surface area contributed by atoms with E-state index < -0.39 is 34.2 Å². The van der Waals surface area contributed by atoms with E-state index in [1.54, 1.807) is 12.1 Å². The van der Waals surface area contributed by atoms with Crippen molar-refractivity contribution in [2.24, 2.45) is 0 Å². The number of sulfonamides is 1. The second-order valence-corrected chi connectivity index (χ2v) is 7.67. The first-order chi connectivity index (χ1) is 13.9. The minimum Gasteiger partial charge on any atom is -0.468 e. The Labute approximate surface area is 166 Å². The molecule has 0 amide bonds. The number of ether oxygens (including phenoxy) is 1. The van der Waals surface area contributed by atoms with Crippen molar-refractivity contribution in [3.05, 3.63) is 89.6 Å². The number of halogens is 1. The van der Waals surface area contributed by atoms with Crippen LogP contribution in [0.15, 0.2) is 76.2 Å². The average Bonchev–Trinajstić information content (AvgIpc) is 3.24. The molecule has 2 aromatic carbocycles. The summed E-state index contributed by atoms with van der Waals surface area (Å²) in [5.74, 6) is -1.77. The maximum absolute atomic E-state index is 13.6. The Morgan fingerprint density at radius 2 is 1.72 bits per heavy atom. The summed E-state index contributed by atoms with van der Waals surface area (Å²) in [5.41, 5.74) is -0.124. The minimum absolute atomic E-state index is 0.0166. The zero-order chi connectivity index (χ0) is 20.9. The van der Waals surface area contributed by atoms with Crippen LogP contribution in [0.1, 0.15) is 26.5 Å². The highest BCUT2D eigenvalue weighted by Gasteiger charge is 2.17. The summed E-state index contributed by atoms with van der Waals surface area (Å²) in [6.45, 7) is -0.651. The van der Waals surface area contributed by atoms with E-state index in [0.29, 0.717) is 5.76 Å². The van der Waals surface area contributed by atoms with Crippen molar-refractivity contribution < 1.29 is 31.6 Å². The molecule has 150 valence electrons. The van der Waals surface area contributed by atoms with Crippen LogP contribution >= 0.6 is 0 Å². The quantitative estimate of drug-likeness (QED) is 0.447. The summed E-state index contributed by atoms with van der Waals surface area (Å²) in [6, 6.07) is 13.6. The largest absolute Gasteiger partial charge is 0.468 e. The lowest BCUT2D eigenvalue weighted by atomic mass is 10.1. The van der Waals surface area contributed by atoms with E-state index in [1.807, 2.05) is 0 Å². The number of carbonyl (C=O) groups is 2. The van der Waals surface area contributed by atoms with Crippen molar-refractivity contribution in [2.45, 2.75) is 11.4 Å². The number of carbonyl (C=O) groups excluding carboxylic acids is 2. The van der Waals surface area contributed by atoms with Gasteiger partial charge in [0.05, 0.1) is 28.8 Å². The summed E-state index contributed by atoms with van der Waals surface area (Å²) < 4.78 is 50.4. The SMILES string of the molecule is O=C(OCC(=O)c1ccccc1F)c1ccc(S(=O)(=O)NCc2ccco2)cc1. The van der Waals surface area contributed by atoms with Crippen LogP contribution in [-0.2, 0) is 21.3 Å². The van der Waals surface area contributed by atoms with Crippen LogP contribution < -0.4 is 4.72 Å². The third-order valence-electron chi connectivity index (χ3n) is 3.93. The Kier molecular flexibility index (Phi) is 6.20. The molecule has 3 rings (SSSR count). The van der Waals surface area contributed by atoms with Crippen LogP contribution in [0.3, 0.4) is 0 Å². The maximum Gasteiger partial charge on any atom is 0.338 e. The van der Waals surface area contributed by atoms with Crippen LogP contribution in [0.4, 0.5) is 4.39 Å². The fraction of sp³-hybridized carbons (Fsp3) is 0.100. The third kappa shape index (κ3) is 5.15. The van der Waals surface area contributed by atoms with Gasteiger partial charge in [-0.3, -0.25) is 4.79 Å². The predicted octanol–water partition coefficient (Wildman–Crippen LogP) is 2.94. The number of furan rings is 1. The summed E-state index contributed by atoms with van der Waals surface area (Å²) in [5, 5.41) is 0. The molecular weight excluding hydrogens is 401 g/mol. The summed E-state index contributed by atoms with van der Waals surface area (Å²) in [7, 11) is -3.80. The molecule has 0 atom stereocenters. The summed E-state index contributed by atoms with van der Waals surface area (Å²) in [6.07, 6.45) is 1.43. The van der Waals surface area contributed by atoms with Gasteiger partial charge in [0.2, 0.25) is 15.8 Å². The molecular formula is C20H16FNO6S. The van der Waals surface area contributed by atoms with Gasteiger partial charge in [-0.15, -0.1) is 0 Å². The molecule has 1 heterocycles. The lowest BCUT2D eigenvalue weighted by molar-refractivity contribution is 0.0473. The van der Waals surface area contributed by atoms with Crippen molar-refractivity contribution in [1.82, 2.24) is 4.72 Å². The van der Waals surface area contributed by atoms with Gasteiger partial charge in [-0.05, 0) is 48.5 Å². The van der Waals surface area contributed by atoms with Gasteiger partial charge in [0.15, 0.2) is 6.61 Å². The Hall–Kier alpha value is -3.30. The molecule has 3 aromatic rings. The number of benzene rings is 2. The van der Waals surface area contributed by atoms with E-state index in [0.717, 1.165) is 6.07 Å². The van der Waals surface area contributed by atoms with Crippen molar-refractivity contribution in [2.75, 3.05) is 6.61 Å². The molecule has 0 unspecified atom stereocenters. The molecule has 0 spiro atoms. The predicted molar refractivity (Wildman–Crippen MR) is 100 cm³/mol. The monoisotopic (exact) mass is 417 g/mol. The lowest BCUT2D eigenvalue weighted by Gasteiger charge is -2.07. The van der Waals surface area contributed by atoms with Crippen LogP contribution in [0.25, 0.3) is 0 Å². The number of ketones is 1. The van der Waals surface area contributed by atoms with Crippen LogP contribution in [0.5, 0.6) is 0 Å². The standard InChI is InChI=1S/C20H16FNO6S/c21-18-6-2-1-5-17(18)19(23)13-28-20(24)14-7-9-16(10-8-14)29(25,26)22-12-15-4-3-11-27-15/h1-11,22H,12-13H2. The van der Waals surface area contributed by atoms with Gasteiger partial charge >= 0.3 is 5.97 Å². The average molecular weight is 417 g/mol. The van der Waals surface area contributed by atoms with Crippen molar-refractivity contribution >= 4 is 21.8 Å². The third-order valence-corrected chi connectivity index (χ3v) is 5.34. The number of esters is 1. The Balaban J connectivity index is 1.59. The van der Waals surface area contributed by atoms with Gasteiger partial charge in [0, 0.05) is 0 Å². The molecule has 1 N–H and O–H groups in total. The molecule has 29 heavy (non-hydrogen) atoms. The fourth-order valence-electron chi connectivity index (χ4n) is 2.41. The first-order valence-electron chi connectivity index (χ1n) is 8.44. The number of Topliss-reactive ketones (excluding diaryl/α,β-unsaturated/α-hetero) is 1. The van der Waals surface area contributed by atoms with Gasteiger partial charge in [-0.25, -0.2) is 22.3 Å². The van der Waals surface area contributed by atoms with Gasteiger partial charge < -0.3 is 9.15 Å². The fourth-order valence-corrected chi connectivity index (χ4v) is 3.41. The Bertz CT molecular complexity index is 1110. The number of nitrogens with one attached hydrogen (secondary N) is 1. The van der Waals surface area contributed by atoms with Gasteiger partial charge in [0.1, 0.15) is 11.6 Å². The lowest BCUT2D eigenvalue weighted by Crippen LogP contribution is -2.23. The van der Waals surface area contributed by atoms with Crippen molar-refractivity contribution in [1.29, 1.82) is 0 Å². The van der Waals surface area contributed by atoms with Gasteiger partial charge in [-0.1, -0.05) is 12.1 Å². The van der Waals surface area contributed by atoms with E-state index in [9.17, 15) is 22.4 Å². The first-order valence-corrected chi connectivity index (χ1v) is 9.92. The van der Waals surface area contributed by atoms with Crippen LogP contribution in [-0.4, -0.2) is 26.8 Å². The molecule has 0 aliphatic rings. The topological polar surface area (TPSA) is 103 Å². The van der Waals surface area contributed by atoms with E-state index in [4.69, 9.17) is 9.15 Å². The van der Waals surface area contributed by atoms with E-state index in [1.165, 1.54) is 48.7 Å². The smallest absolute Gasteiger partial charge is 0.338 e. The highest BCUT2D eigenvalue weighted by atomic mass is 32.2.